The standard InChI is InChI=1S/C33H40F3N3O4.Na/c1-5-26(21-7-9-23(10-8-21)29(42)37-20-17-27(40)41)39-30(43)28(22-11-13-25(14-12-22)33(34,35)36)38-32(39)18-15-24(16-19-32)31(3,4)6-2;/h7-14,24,26H,5-6,15-20H2,1-4H3,(H,37,42)(H,40,41);/q;+1/p-1/t24?,26-,32?;/m1./s1. The smallest absolute Gasteiger partial charge is 0.550 e. The van der Waals surface area contributed by atoms with Crippen molar-refractivity contribution in [3.05, 3.63) is 70.8 Å². The third-order valence-corrected chi connectivity index (χ3v) is 9.35. The van der Waals surface area contributed by atoms with Crippen LogP contribution in [0.3, 0.4) is 0 Å². The number of aliphatic carboxylic acids is 1. The van der Waals surface area contributed by atoms with E-state index in [4.69, 9.17) is 4.99 Å². The molecule has 4 rings (SSSR count). The van der Waals surface area contributed by atoms with Gasteiger partial charge in [-0.3, -0.25) is 14.6 Å². The second-order valence-electron chi connectivity index (χ2n) is 12.2. The summed E-state index contributed by atoms with van der Waals surface area (Å²) in [6.45, 7) is 8.61. The molecule has 0 bridgehead atoms. The molecule has 1 saturated carbocycles. The van der Waals surface area contributed by atoms with Crippen molar-refractivity contribution in [3.63, 3.8) is 0 Å². The van der Waals surface area contributed by atoms with Gasteiger partial charge in [0.2, 0.25) is 0 Å². The fraction of sp³-hybridized carbons (Fsp3) is 0.515. The number of rotatable bonds is 10. The number of hydrogen-bond acceptors (Lipinski definition) is 5. The molecule has 0 radical (unpaired) electrons. The van der Waals surface area contributed by atoms with Crippen molar-refractivity contribution in [3.8, 4) is 0 Å². The first kappa shape index (κ1) is 35.8. The Bertz CT molecular complexity index is 1370. The number of hydrogen-bond donors (Lipinski definition) is 1. The number of halogens is 3. The molecule has 0 aromatic heterocycles. The molecule has 2 amide bonds. The van der Waals surface area contributed by atoms with Crippen molar-refractivity contribution in [2.45, 2.75) is 90.5 Å². The van der Waals surface area contributed by atoms with Crippen LogP contribution >= 0.6 is 0 Å². The monoisotopic (exact) mass is 621 g/mol. The quantitative estimate of drug-likeness (QED) is 0.413. The average molecular weight is 622 g/mol. The molecule has 7 nitrogen and oxygen atoms in total. The van der Waals surface area contributed by atoms with E-state index in [0.717, 1.165) is 37.0 Å². The van der Waals surface area contributed by atoms with Gasteiger partial charge < -0.3 is 20.1 Å². The third-order valence-electron chi connectivity index (χ3n) is 9.35. The predicted molar refractivity (Wildman–Crippen MR) is 155 cm³/mol. The maximum atomic E-state index is 14.2. The van der Waals surface area contributed by atoms with E-state index in [1.165, 1.54) is 12.1 Å². The Morgan fingerprint density at radius 3 is 2.14 bits per heavy atom. The summed E-state index contributed by atoms with van der Waals surface area (Å²) in [5, 5.41) is 13.2. The van der Waals surface area contributed by atoms with Crippen LogP contribution in [0.2, 0.25) is 0 Å². The minimum absolute atomic E-state index is 0. The van der Waals surface area contributed by atoms with Crippen LogP contribution in [0.1, 0.15) is 106 Å². The van der Waals surface area contributed by atoms with E-state index < -0.39 is 29.3 Å². The van der Waals surface area contributed by atoms with Crippen LogP contribution < -0.4 is 40.0 Å². The number of nitrogens with one attached hydrogen (secondary N) is 1. The van der Waals surface area contributed by atoms with Gasteiger partial charge in [-0.2, -0.15) is 13.2 Å². The Balaban J connectivity index is 0.00000529. The molecule has 1 spiro atoms. The summed E-state index contributed by atoms with van der Waals surface area (Å²) < 4.78 is 39.7. The second-order valence-corrected chi connectivity index (χ2v) is 12.2. The summed E-state index contributed by atoms with van der Waals surface area (Å²) in [4.78, 5) is 44.1. The molecule has 1 atom stereocenters. The maximum absolute atomic E-state index is 14.2. The van der Waals surface area contributed by atoms with Gasteiger partial charge in [-0.1, -0.05) is 58.4 Å². The van der Waals surface area contributed by atoms with Gasteiger partial charge in [0.05, 0.1) is 11.6 Å². The minimum atomic E-state index is -4.48. The zero-order valence-electron chi connectivity index (χ0n) is 26.1. The van der Waals surface area contributed by atoms with Crippen molar-refractivity contribution in [1.29, 1.82) is 0 Å². The summed E-state index contributed by atoms with van der Waals surface area (Å²) in [6, 6.07) is 11.1. The first-order chi connectivity index (χ1) is 20.2. The molecule has 1 aliphatic carbocycles. The first-order valence-corrected chi connectivity index (χ1v) is 14.9. The summed E-state index contributed by atoms with van der Waals surface area (Å²) >= 11 is 0. The predicted octanol–water partition coefficient (Wildman–Crippen LogP) is 2.68. The number of amides is 2. The number of carboxylic acids is 1. The zero-order chi connectivity index (χ0) is 31.6. The summed E-state index contributed by atoms with van der Waals surface area (Å²) in [5.41, 5.74) is 0.211. The molecule has 44 heavy (non-hydrogen) atoms. The van der Waals surface area contributed by atoms with Crippen LogP contribution in [-0.2, 0) is 15.8 Å². The number of benzene rings is 2. The molecule has 1 fully saturated rings. The Hall–Kier alpha value is -2.69. The van der Waals surface area contributed by atoms with E-state index in [1.807, 2.05) is 11.8 Å². The normalized spacial score (nSPS) is 21.1. The number of carbonyl (C=O) groups excluding carboxylic acids is 3. The number of nitrogens with zero attached hydrogens (tertiary/aromatic N) is 2. The first-order valence-electron chi connectivity index (χ1n) is 14.9. The number of alkyl halides is 3. The molecular weight excluding hydrogens is 582 g/mol. The Labute approximate surface area is 279 Å². The van der Waals surface area contributed by atoms with E-state index in [1.54, 1.807) is 24.3 Å². The van der Waals surface area contributed by atoms with Crippen molar-refractivity contribution in [2.24, 2.45) is 16.3 Å². The van der Waals surface area contributed by atoms with Crippen molar-refractivity contribution < 1.29 is 62.2 Å². The summed E-state index contributed by atoms with van der Waals surface area (Å²) in [6.07, 6.45) is -0.160. The van der Waals surface area contributed by atoms with Crippen LogP contribution in [0, 0.1) is 11.3 Å². The average Bonchev–Trinajstić information content (AvgIpc) is 3.24. The molecule has 1 heterocycles. The molecule has 2 aliphatic rings. The van der Waals surface area contributed by atoms with Crippen molar-refractivity contribution in [2.75, 3.05) is 6.54 Å². The van der Waals surface area contributed by atoms with E-state index in [9.17, 15) is 32.7 Å². The molecule has 1 N–H and O–H groups in total. The molecule has 0 unspecified atom stereocenters. The van der Waals surface area contributed by atoms with Crippen LogP contribution in [0.25, 0.3) is 0 Å². The van der Waals surface area contributed by atoms with Gasteiger partial charge in [0.25, 0.3) is 11.8 Å². The van der Waals surface area contributed by atoms with Gasteiger partial charge in [0, 0.05) is 30.1 Å². The van der Waals surface area contributed by atoms with Crippen LogP contribution in [0.5, 0.6) is 0 Å². The zero-order valence-corrected chi connectivity index (χ0v) is 28.1. The van der Waals surface area contributed by atoms with Gasteiger partial charge in [0.1, 0.15) is 11.4 Å². The molecule has 2 aromatic rings. The molecule has 1 aliphatic heterocycles. The molecule has 11 heteroatoms. The second kappa shape index (κ2) is 14.2. The van der Waals surface area contributed by atoms with E-state index >= 15 is 0 Å². The summed E-state index contributed by atoms with van der Waals surface area (Å²) in [5.74, 6) is -1.53. The third kappa shape index (κ3) is 7.57. The Kier molecular flexibility index (Phi) is 11.5. The summed E-state index contributed by atoms with van der Waals surface area (Å²) in [7, 11) is 0. The fourth-order valence-electron chi connectivity index (χ4n) is 6.36. The van der Waals surface area contributed by atoms with Crippen LogP contribution in [0.15, 0.2) is 53.5 Å². The minimum Gasteiger partial charge on any atom is -0.550 e. The van der Waals surface area contributed by atoms with Gasteiger partial charge in [-0.25, -0.2) is 0 Å². The Morgan fingerprint density at radius 1 is 1.05 bits per heavy atom. The van der Waals surface area contributed by atoms with Crippen LogP contribution in [-0.4, -0.2) is 40.6 Å². The SMILES string of the molecule is CC[C@H](c1ccc(C(=O)NCCC(=O)[O-])cc1)N1C(=O)C(c2ccc(C(F)(F)F)cc2)=NC12CCC(C(C)(C)CC)CC2.[Na+]. The number of carboxylic acid groups (broad SMARTS) is 1. The molecule has 232 valence electrons. The van der Waals surface area contributed by atoms with Crippen molar-refractivity contribution in [1.82, 2.24) is 10.2 Å². The maximum Gasteiger partial charge on any atom is 1.00 e. The molecule has 0 saturated heterocycles. The van der Waals surface area contributed by atoms with Gasteiger partial charge in [-0.05, 0) is 73.3 Å². The Morgan fingerprint density at radius 2 is 1.64 bits per heavy atom. The van der Waals surface area contributed by atoms with Gasteiger partial charge >= 0.3 is 35.7 Å². The van der Waals surface area contributed by atoms with E-state index in [-0.39, 0.29) is 65.6 Å². The van der Waals surface area contributed by atoms with E-state index in [0.29, 0.717) is 36.3 Å². The van der Waals surface area contributed by atoms with Crippen molar-refractivity contribution >= 4 is 23.5 Å². The largest absolute Gasteiger partial charge is 1.00 e. The molecule has 2 aromatic carbocycles. The number of aliphatic imine (C=N–C) groups is 1. The van der Waals surface area contributed by atoms with Gasteiger partial charge in [-0.15, -0.1) is 0 Å². The number of carbonyl (C=O) groups is 3. The fourth-order valence-corrected chi connectivity index (χ4v) is 6.36. The van der Waals surface area contributed by atoms with Gasteiger partial charge in [0.15, 0.2) is 0 Å². The van der Waals surface area contributed by atoms with E-state index in [2.05, 4.69) is 26.1 Å². The molecular formula is C33H39F3N3NaO4. The topological polar surface area (TPSA) is 102 Å². The van der Waals surface area contributed by atoms with Crippen LogP contribution in [0.4, 0.5) is 13.2 Å².